The predicted molar refractivity (Wildman–Crippen MR) is 55.7 cm³/mol. The second-order valence-corrected chi connectivity index (χ2v) is 3.48. The molecule has 0 aliphatic rings. The van der Waals surface area contributed by atoms with E-state index in [-0.39, 0.29) is 0 Å². The number of hydrogen-bond donors (Lipinski definition) is 0. The Balaban J connectivity index is 2.10. The highest BCUT2D eigenvalue weighted by Crippen LogP contribution is 2.13. The van der Waals surface area contributed by atoms with Crippen molar-refractivity contribution < 1.29 is 4.74 Å². The van der Waals surface area contributed by atoms with Crippen molar-refractivity contribution in [2.45, 2.75) is 6.42 Å². The number of rotatable bonds is 3. The average Bonchev–Trinajstić information content (AvgIpc) is 2.72. The number of benzene rings is 1. The Hall–Kier alpha value is -1.42. The molecule has 0 saturated carbocycles. The van der Waals surface area contributed by atoms with E-state index in [9.17, 15) is 0 Å². The van der Waals surface area contributed by atoms with Gasteiger partial charge in [0.05, 0.1) is 7.11 Å². The van der Waals surface area contributed by atoms with Crippen LogP contribution in [0.25, 0.3) is 0 Å². The number of ether oxygens (including phenoxy) is 1. The molecule has 14 heavy (non-hydrogen) atoms. The van der Waals surface area contributed by atoms with Crippen LogP contribution in [0.4, 0.5) is 0 Å². The summed E-state index contributed by atoms with van der Waals surface area (Å²) < 4.78 is 9.23. The van der Waals surface area contributed by atoms with Gasteiger partial charge in [0.2, 0.25) is 0 Å². The van der Waals surface area contributed by atoms with Crippen LogP contribution >= 0.6 is 11.5 Å². The summed E-state index contributed by atoms with van der Waals surface area (Å²) in [4.78, 5) is 4.13. The first-order valence-electron chi connectivity index (χ1n) is 4.26. The van der Waals surface area contributed by atoms with Crippen LogP contribution in [0.2, 0.25) is 0 Å². The Kier molecular flexibility index (Phi) is 2.74. The number of nitrogens with zero attached hydrogens (tertiary/aromatic N) is 2. The lowest BCUT2D eigenvalue weighted by atomic mass is 10.1. The molecular formula is C10H10N2OS. The third kappa shape index (κ3) is 2.09. The Labute approximate surface area is 86.6 Å². The molecule has 1 aromatic heterocycles. The molecule has 3 nitrogen and oxygen atoms in total. The molecule has 0 unspecified atom stereocenters. The Morgan fingerprint density at radius 2 is 2.07 bits per heavy atom. The van der Waals surface area contributed by atoms with Gasteiger partial charge in [-0.15, -0.1) is 0 Å². The number of methoxy groups -OCH3 is 1. The fourth-order valence-electron chi connectivity index (χ4n) is 1.20. The first-order chi connectivity index (χ1) is 6.88. The standard InChI is InChI=1S/C10H10N2OS/c1-13-9-4-2-8(3-5-9)6-10-11-7-14-12-10/h2-5,7H,6H2,1H3. The lowest BCUT2D eigenvalue weighted by Crippen LogP contribution is -1.90. The Morgan fingerprint density at radius 1 is 1.29 bits per heavy atom. The van der Waals surface area contributed by atoms with Crippen molar-refractivity contribution in [2.24, 2.45) is 0 Å². The van der Waals surface area contributed by atoms with Crippen LogP contribution in [0.15, 0.2) is 29.8 Å². The van der Waals surface area contributed by atoms with E-state index in [1.165, 1.54) is 17.1 Å². The monoisotopic (exact) mass is 206 g/mol. The van der Waals surface area contributed by atoms with E-state index < -0.39 is 0 Å². The minimum absolute atomic E-state index is 0.785. The molecule has 0 bridgehead atoms. The van der Waals surface area contributed by atoms with Gasteiger partial charge in [-0.1, -0.05) is 12.1 Å². The molecule has 0 saturated heterocycles. The largest absolute Gasteiger partial charge is 0.497 e. The smallest absolute Gasteiger partial charge is 0.146 e. The van der Waals surface area contributed by atoms with Crippen molar-refractivity contribution in [2.75, 3.05) is 7.11 Å². The molecule has 0 N–H and O–H groups in total. The average molecular weight is 206 g/mol. The maximum atomic E-state index is 5.08. The highest BCUT2D eigenvalue weighted by Gasteiger charge is 1.99. The molecule has 2 aromatic rings. The molecule has 0 atom stereocenters. The summed E-state index contributed by atoms with van der Waals surface area (Å²) in [5.74, 6) is 1.75. The van der Waals surface area contributed by atoms with E-state index >= 15 is 0 Å². The maximum absolute atomic E-state index is 5.08. The van der Waals surface area contributed by atoms with Crippen molar-refractivity contribution >= 4 is 11.5 Å². The molecule has 0 aliphatic heterocycles. The minimum atomic E-state index is 0.785. The van der Waals surface area contributed by atoms with Gasteiger partial charge in [-0.3, -0.25) is 0 Å². The van der Waals surface area contributed by atoms with Gasteiger partial charge in [-0.25, -0.2) is 4.98 Å². The second kappa shape index (κ2) is 4.19. The van der Waals surface area contributed by atoms with Crippen LogP contribution in [0.1, 0.15) is 11.4 Å². The van der Waals surface area contributed by atoms with E-state index in [1.807, 2.05) is 24.3 Å². The van der Waals surface area contributed by atoms with Gasteiger partial charge in [-0.05, 0) is 29.2 Å². The fourth-order valence-corrected chi connectivity index (χ4v) is 1.65. The van der Waals surface area contributed by atoms with Crippen molar-refractivity contribution in [3.8, 4) is 5.75 Å². The third-order valence-electron chi connectivity index (χ3n) is 1.93. The van der Waals surface area contributed by atoms with E-state index in [4.69, 9.17) is 4.74 Å². The van der Waals surface area contributed by atoms with Gasteiger partial charge in [0.15, 0.2) is 0 Å². The number of hydrogen-bond acceptors (Lipinski definition) is 4. The van der Waals surface area contributed by atoms with Crippen LogP contribution in [-0.2, 0) is 6.42 Å². The Bertz CT molecular complexity index is 383. The van der Waals surface area contributed by atoms with Gasteiger partial charge in [-0.2, -0.15) is 4.37 Å². The van der Waals surface area contributed by atoms with Gasteiger partial charge in [0.1, 0.15) is 17.1 Å². The lowest BCUT2D eigenvalue weighted by Gasteiger charge is -2.00. The molecule has 1 heterocycles. The van der Waals surface area contributed by atoms with Crippen molar-refractivity contribution in [1.29, 1.82) is 0 Å². The van der Waals surface area contributed by atoms with E-state index in [2.05, 4.69) is 9.36 Å². The molecule has 0 radical (unpaired) electrons. The summed E-state index contributed by atoms with van der Waals surface area (Å²) in [6.07, 6.45) is 0.785. The van der Waals surface area contributed by atoms with Crippen molar-refractivity contribution in [3.05, 3.63) is 41.2 Å². The predicted octanol–water partition coefficient (Wildman–Crippen LogP) is 2.14. The zero-order valence-corrected chi connectivity index (χ0v) is 8.62. The van der Waals surface area contributed by atoms with E-state index in [0.29, 0.717) is 0 Å². The zero-order chi connectivity index (χ0) is 9.80. The van der Waals surface area contributed by atoms with Gasteiger partial charge in [0, 0.05) is 6.42 Å². The van der Waals surface area contributed by atoms with Crippen LogP contribution in [0.3, 0.4) is 0 Å². The Morgan fingerprint density at radius 3 is 2.64 bits per heavy atom. The van der Waals surface area contributed by atoms with Crippen LogP contribution < -0.4 is 4.74 Å². The maximum Gasteiger partial charge on any atom is 0.146 e. The summed E-state index contributed by atoms with van der Waals surface area (Å²) >= 11 is 1.38. The molecule has 2 rings (SSSR count). The first-order valence-corrected chi connectivity index (χ1v) is 5.10. The molecule has 72 valence electrons. The van der Waals surface area contributed by atoms with Crippen LogP contribution in [0.5, 0.6) is 5.75 Å². The summed E-state index contributed by atoms with van der Waals surface area (Å²) in [6, 6.07) is 7.95. The highest BCUT2D eigenvalue weighted by molar-refractivity contribution is 7.03. The topological polar surface area (TPSA) is 35.0 Å². The molecule has 0 fully saturated rings. The molecule has 4 heteroatoms. The van der Waals surface area contributed by atoms with Crippen LogP contribution in [-0.4, -0.2) is 16.5 Å². The van der Waals surface area contributed by atoms with E-state index in [0.717, 1.165) is 18.0 Å². The summed E-state index contributed by atoms with van der Waals surface area (Å²) in [6.45, 7) is 0. The lowest BCUT2D eigenvalue weighted by molar-refractivity contribution is 0.414. The minimum Gasteiger partial charge on any atom is -0.497 e. The van der Waals surface area contributed by atoms with Gasteiger partial charge >= 0.3 is 0 Å². The molecule has 0 spiro atoms. The summed E-state index contributed by atoms with van der Waals surface area (Å²) in [5.41, 5.74) is 2.95. The highest BCUT2D eigenvalue weighted by atomic mass is 32.1. The normalized spacial score (nSPS) is 10.1. The third-order valence-corrected chi connectivity index (χ3v) is 2.44. The summed E-state index contributed by atoms with van der Waals surface area (Å²) in [7, 11) is 1.66. The molecular weight excluding hydrogens is 196 g/mol. The van der Waals surface area contributed by atoms with Crippen molar-refractivity contribution in [3.63, 3.8) is 0 Å². The first kappa shape index (κ1) is 9.15. The number of aromatic nitrogens is 2. The van der Waals surface area contributed by atoms with Gasteiger partial charge in [0.25, 0.3) is 0 Å². The van der Waals surface area contributed by atoms with Crippen molar-refractivity contribution in [1.82, 2.24) is 9.36 Å². The summed E-state index contributed by atoms with van der Waals surface area (Å²) in [5, 5.41) is 0. The zero-order valence-electron chi connectivity index (χ0n) is 7.80. The SMILES string of the molecule is COc1ccc(Cc2ncsn2)cc1. The quantitative estimate of drug-likeness (QED) is 0.771. The van der Waals surface area contributed by atoms with E-state index in [1.54, 1.807) is 12.6 Å². The van der Waals surface area contributed by atoms with Gasteiger partial charge < -0.3 is 4.74 Å². The molecule has 0 amide bonds. The second-order valence-electron chi connectivity index (χ2n) is 2.87. The van der Waals surface area contributed by atoms with Crippen LogP contribution in [0, 0.1) is 0 Å². The molecule has 0 aliphatic carbocycles. The fraction of sp³-hybridized carbons (Fsp3) is 0.200. The molecule has 1 aromatic carbocycles.